The number of hydrogen-bond acceptors (Lipinski definition) is 2. The van der Waals surface area contributed by atoms with E-state index in [0.29, 0.717) is 11.3 Å². The molecule has 1 aromatic heterocycles. The maximum Gasteiger partial charge on any atom is 0.139 e. The lowest BCUT2D eigenvalue weighted by molar-refractivity contribution is 0.478. The van der Waals surface area contributed by atoms with Gasteiger partial charge in [0.2, 0.25) is 0 Å². The van der Waals surface area contributed by atoms with E-state index in [1.807, 2.05) is 13.0 Å². The molecule has 1 atom stereocenters. The van der Waals surface area contributed by atoms with Crippen LogP contribution in [-0.2, 0) is 0 Å². The Morgan fingerprint density at radius 2 is 2.12 bits per heavy atom. The smallest absolute Gasteiger partial charge is 0.139 e. The zero-order chi connectivity index (χ0) is 11.7. The third-order valence-electron chi connectivity index (χ3n) is 2.42. The van der Waals surface area contributed by atoms with Gasteiger partial charge in [-0.15, -0.1) is 0 Å². The minimum Gasteiger partial charge on any atom is -0.466 e. The first kappa shape index (κ1) is 11.4. The van der Waals surface area contributed by atoms with Crippen LogP contribution < -0.4 is 5.73 Å². The third-order valence-corrected chi connectivity index (χ3v) is 3.07. The van der Waals surface area contributed by atoms with E-state index in [9.17, 15) is 4.39 Å². The van der Waals surface area contributed by atoms with Crippen LogP contribution in [0.25, 0.3) is 0 Å². The largest absolute Gasteiger partial charge is 0.466 e. The topological polar surface area (TPSA) is 39.2 Å². The van der Waals surface area contributed by atoms with Crippen LogP contribution in [0.4, 0.5) is 4.39 Å². The van der Waals surface area contributed by atoms with Crippen molar-refractivity contribution < 1.29 is 8.81 Å². The van der Waals surface area contributed by atoms with Crippen LogP contribution >= 0.6 is 15.9 Å². The average molecular weight is 284 g/mol. The van der Waals surface area contributed by atoms with Crippen LogP contribution in [0.15, 0.2) is 39.4 Å². The highest BCUT2D eigenvalue weighted by atomic mass is 79.9. The zero-order valence-electron chi connectivity index (χ0n) is 8.71. The Hall–Kier alpha value is -1.13. The fraction of sp³-hybridized carbons (Fsp3) is 0.167. The van der Waals surface area contributed by atoms with Gasteiger partial charge in [0.05, 0.1) is 16.8 Å². The molecule has 0 radical (unpaired) electrons. The van der Waals surface area contributed by atoms with Crippen LogP contribution in [0.5, 0.6) is 0 Å². The van der Waals surface area contributed by atoms with E-state index in [4.69, 9.17) is 10.2 Å². The molecule has 0 aliphatic rings. The van der Waals surface area contributed by atoms with Gasteiger partial charge in [-0.05, 0) is 40.5 Å². The summed E-state index contributed by atoms with van der Waals surface area (Å²) in [5.74, 6) is 0.221. The lowest BCUT2D eigenvalue weighted by atomic mass is 10.0. The standard InChI is InChI=1S/C12H11BrFNO/c1-7-2-3-8(10(14)6-7)11(15)12-9(13)4-5-16-12/h2-6,11H,15H2,1H3. The minimum absolute atomic E-state index is 0.309. The van der Waals surface area contributed by atoms with Gasteiger partial charge in [0.15, 0.2) is 0 Å². The van der Waals surface area contributed by atoms with Gasteiger partial charge in [-0.2, -0.15) is 0 Å². The normalized spacial score (nSPS) is 12.8. The van der Waals surface area contributed by atoms with E-state index in [-0.39, 0.29) is 5.82 Å². The highest BCUT2D eigenvalue weighted by Crippen LogP contribution is 2.29. The Kier molecular flexibility index (Phi) is 3.12. The predicted molar refractivity (Wildman–Crippen MR) is 63.6 cm³/mol. The van der Waals surface area contributed by atoms with E-state index in [0.717, 1.165) is 10.0 Å². The molecule has 1 heterocycles. The number of nitrogens with two attached hydrogens (primary N) is 1. The molecule has 84 valence electrons. The molecule has 4 heteroatoms. The van der Waals surface area contributed by atoms with E-state index < -0.39 is 6.04 Å². The second-order valence-corrected chi connectivity index (χ2v) is 4.49. The molecule has 0 spiro atoms. The van der Waals surface area contributed by atoms with Gasteiger partial charge >= 0.3 is 0 Å². The summed E-state index contributed by atoms with van der Waals surface area (Å²) in [5, 5.41) is 0. The van der Waals surface area contributed by atoms with Crippen molar-refractivity contribution in [2.45, 2.75) is 13.0 Å². The summed E-state index contributed by atoms with van der Waals surface area (Å²) in [4.78, 5) is 0. The Balaban J connectivity index is 2.41. The summed E-state index contributed by atoms with van der Waals surface area (Å²) in [5.41, 5.74) is 7.25. The molecular weight excluding hydrogens is 273 g/mol. The summed E-state index contributed by atoms with van der Waals surface area (Å²) in [7, 11) is 0. The maximum absolute atomic E-state index is 13.7. The van der Waals surface area contributed by atoms with Gasteiger partial charge in [-0.25, -0.2) is 4.39 Å². The Bertz CT molecular complexity index is 509. The highest BCUT2D eigenvalue weighted by Gasteiger charge is 2.18. The summed E-state index contributed by atoms with van der Waals surface area (Å²) >= 11 is 3.31. The van der Waals surface area contributed by atoms with Gasteiger partial charge in [-0.3, -0.25) is 0 Å². The van der Waals surface area contributed by atoms with Crippen LogP contribution in [0.1, 0.15) is 22.9 Å². The zero-order valence-corrected chi connectivity index (χ0v) is 10.3. The first-order valence-corrected chi connectivity index (χ1v) is 5.63. The minimum atomic E-state index is -0.593. The van der Waals surface area contributed by atoms with Crippen molar-refractivity contribution in [1.29, 1.82) is 0 Å². The summed E-state index contributed by atoms with van der Waals surface area (Å²) in [6.45, 7) is 1.83. The SMILES string of the molecule is Cc1ccc(C(N)c2occc2Br)c(F)c1. The van der Waals surface area contributed by atoms with E-state index in [2.05, 4.69) is 15.9 Å². The molecular formula is C12H11BrFNO. The first-order valence-electron chi connectivity index (χ1n) is 4.84. The van der Waals surface area contributed by atoms with Gasteiger partial charge in [0, 0.05) is 5.56 Å². The quantitative estimate of drug-likeness (QED) is 0.916. The van der Waals surface area contributed by atoms with Crippen molar-refractivity contribution in [3.05, 3.63) is 57.7 Å². The first-order chi connectivity index (χ1) is 7.59. The summed E-state index contributed by atoms with van der Waals surface area (Å²) < 4.78 is 19.7. The van der Waals surface area contributed by atoms with Crippen LogP contribution in [-0.4, -0.2) is 0 Å². The molecule has 2 nitrogen and oxygen atoms in total. The van der Waals surface area contributed by atoms with Gasteiger partial charge in [0.1, 0.15) is 11.6 Å². The fourth-order valence-corrected chi connectivity index (χ4v) is 2.00. The number of hydrogen-bond donors (Lipinski definition) is 1. The fourth-order valence-electron chi connectivity index (χ4n) is 1.55. The maximum atomic E-state index is 13.7. The molecule has 0 saturated heterocycles. The second kappa shape index (κ2) is 4.39. The molecule has 2 rings (SSSR count). The summed E-state index contributed by atoms with van der Waals surface area (Å²) in [6.07, 6.45) is 1.52. The van der Waals surface area contributed by atoms with Crippen molar-refractivity contribution in [2.75, 3.05) is 0 Å². The third kappa shape index (κ3) is 2.03. The molecule has 0 aliphatic carbocycles. The van der Waals surface area contributed by atoms with Gasteiger partial charge in [-0.1, -0.05) is 12.1 Å². The monoisotopic (exact) mass is 283 g/mol. The number of benzene rings is 1. The molecule has 0 amide bonds. The van der Waals surface area contributed by atoms with E-state index in [1.165, 1.54) is 12.3 Å². The van der Waals surface area contributed by atoms with Crippen LogP contribution in [0.3, 0.4) is 0 Å². The molecule has 2 aromatic rings. The van der Waals surface area contributed by atoms with Crippen molar-refractivity contribution in [1.82, 2.24) is 0 Å². The molecule has 1 aromatic carbocycles. The molecule has 0 bridgehead atoms. The lowest BCUT2D eigenvalue weighted by Gasteiger charge is -2.11. The van der Waals surface area contributed by atoms with Crippen molar-refractivity contribution >= 4 is 15.9 Å². The van der Waals surface area contributed by atoms with Crippen LogP contribution in [0, 0.1) is 12.7 Å². The van der Waals surface area contributed by atoms with Crippen LogP contribution in [0.2, 0.25) is 0 Å². The molecule has 2 N–H and O–H groups in total. The Labute approximate surface area is 101 Å². The average Bonchev–Trinajstić information content (AvgIpc) is 2.63. The second-order valence-electron chi connectivity index (χ2n) is 3.64. The number of furan rings is 1. The molecule has 0 aliphatic heterocycles. The Morgan fingerprint density at radius 1 is 1.38 bits per heavy atom. The van der Waals surface area contributed by atoms with Crippen molar-refractivity contribution in [2.24, 2.45) is 5.73 Å². The lowest BCUT2D eigenvalue weighted by Crippen LogP contribution is -2.13. The van der Waals surface area contributed by atoms with Gasteiger partial charge in [0.25, 0.3) is 0 Å². The summed E-state index contributed by atoms with van der Waals surface area (Å²) in [6, 6.07) is 6.12. The number of aryl methyl sites for hydroxylation is 1. The van der Waals surface area contributed by atoms with Crippen molar-refractivity contribution in [3.8, 4) is 0 Å². The highest BCUT2D eigenvalue weighted by molar-refractivity contribution is 9.10. The number of halogens is 2. The molecule has 16 heavy (non-hydrogen) atoms. The number of rotatable bonds is 2. The van der Waals surface area contributed by atoms with E-state index >= 15 is 0 Å². The van der Waals surface area contributed by atoms with Gasteiger partial charge < -0.3 is 10.2 Å². The molecule has 1 unspecified atom stereocenters. The molecule has 0 fully saturated rings. The van der Waals surface area contributed by atoms with Crippen molar-refractivity contribution in [3.63, 3.8) is 0 Å². The Morgan fingerprint density at radius 3 is 2.69 bits per heavy atom. The predicted octanol–water partition coefficient (Wildman–Crippen LogP) is 3.54. The molecule has 0 saturated carbocycles. The van der Waals surface area contributed by atoms with E-state index in [1.54, 1.807) is 12.1 Å².